The molecule has 0 aromatic heterocycles. The molecule has 0 saturated carbocycles. The van der Waals surface area contributed by atoms with E-state index >= 15 is 0 Å². The van der Waals surface area contributed by atoms with Gasteiger partial charge in [-0.2, -0.15) is 4.31 Å². The molecule has 0 radical (unpaired) electrons. The van der Waals surface area contributed by atoms with Crippen LogP contribution in [0.4, 0.5) is 4.79 Å². The number of alkyl carbamates (subject to hydrolysis) is 1. The van der Waals surface area contributed by atoms with Gasteiger partial charge in [0.15, 0.2) is 0 Å². The summed E-state index contributed by atoms with van der Waals surface area (Å²) in [7, 11) is -3.93. The second-order valence-corrected chi connectivity index (χ2v) is 11.8. The van der Waals surface area contributed by atoms with Crippen molar-refractivity contribution in [2.24, 2.45) is 0 Å². The highest BCUT2D eigenvalue weighted by Gasteiger charge is 2.48. The van der Waals surface area contributed by atoms with Crippen LogP contribution in [0.15, 0.2) is 41.3 Å². The Hall–Kier alpha value is -2.44. The van der Waals surface area contributed by atoms with Crippen LogP contribution in [0.5, 0.6) is 0 Å². The second kappa shape index (κ2) is 12.2. The van der Waals surface area contributed by atoms with Gasteiger partial charge in [0.05, 0.1) is 29.6 Å². The lowest BCUT2D eigenvalue weighted by molar-refractivity contribution is -0.137. The maximum absolute atomic E-state index is 13.4. The van der Waals surface area contributed by atoms with Gasteiger partial charge in [0.1, 0.15) is 0 Å². The molecule has 2 aromatic rings. The number of carbonyl (C=O) groups excluding carboxylic acids is 2. The summed E-state index contributed by atoms with van der Waals surface area (Å²) in [4.78, 5) is 27.5. The van der Waals surface area contributed by atoms with Gasteiger partial charge < -0.3 is 25.7 Å². The average molecular weight is 587 g/mol. The third-order valence-corrected chi connectivity index (χ3v) is 9.08. The minimum absolute atomic E-state index is 0. The van der Waals surface area contributed by atoms with Crippen LogP contribution in [0.2, 0.25) is 5.02 Å². The molecule has 2 amide bonds. The molecule has 2 aromatic carbocycles. The van der Waals surface area contributed by atoms with Gasteiger partial charge in [-0.25, -0.2) is 13.2 Å². The zero-order valence-electron chi connectivity index (χ0n) is 21.3. The molecule has 0 aliphatic carbocycles. The molecule has 4 rings (SSSR count). The number of sulfonamides is 1. The Labute approximate surface area is 234 Å². The normalized spacial score (nSPS) is 18.9. The summed E-state index contributed by atoms with van der Waals surface area (Å²) < 4.78 is 33.2. The summed E-state index contributed by atoms with van der Waals surface area (Å²) in [5.74, 6) is -0.414. The topological polar surface area (TPSA) is 132 Å². The predicted octanol–water partition coefficient (Wildman–Crippen LogP) is 3.02. The number of fused-ring (bicyclic) bond motifs is 1. The number of nitrogens with zero attached hydrogens (tertiary/aromatic N) is 2. The number of piperidine rings is 1. The van der Waals surface area contributed by atoms with E-state index in [-0.39, 0.29) is 49.3 Å². The third kappa shape index (κ3) is 6.07. The summed E-state index contributed by atoms with van der Waals surface area (Å²) in [5.41, 5.74) is -0.670. The van der Waals surface area contributed by atoms with Gasteiger partial charge in [0, 0.05) is 23.8 Å². The standard InChI is InChI=1S/C25H32ClN5O5S.ClH/c1-3-36-24(33)29-25(8-10-28-11-9-25)23(17(2)27)31-13-12-30(16-22(31)32)37(34,35)21-7-5-18-14-20(26)6-4-19(18)15-21;/h4-7,14-15,23,27-28H,3,8-13,16H2,1-2H3,(H,29,33);1H. The molecular weight excluding hydrogens is 553 g/mol. The first-order valence-electron chi connectivity index (χ1n) is 12.3. The Morgan fingerprint density at radius 1 is 1.18 bits per heavy atom. The summed E-state index contributed by atoms with van der Waals surface area (Å²) in [6.07, 6.45) is 0.404. The highest BCUT2D eigenvalue weighted by atomic mass is 35.5. The molecule has 208 valence electrons. The number of amides is 2. The van der Waals surface area contributed by atoms with Crippen molar-refractivity contribution in [2.75, 3.05) is 39.3 Å². The van der Waals surface area contributed by atoms with E-state index in [4.69, 9.17) is 21.7 Å². The first-order valence-corrected chi connectivity index (χ1v) is 14.1. The summed E-state index contributed by atoms with van der Waals surface area (Å²) in [6, 6.07) is 9.29. The number of piperazine rings is 1. The predicted molar refractivity (Wildman–Crippen MR) is 149 cm³/mol. The number of hydrogen-bond acceptors (Lipinski definition) is 7. The van der Waals surface area contributed by atoms with Crippen LogP contribution in [0.3, 0.4) is 0 Å². The van der Waals surface area contributed by atoms with Gasteiger partial charge in [-0.1, -0.05) is 23.7 Å². The van der Waals surface area contributed by atoms with Crippen molar-refractivity contribution in [3.05, 3.63) is 41.4 Å². The van der Waals surface area contributed by atoms with E-state index in [1.54, 1.807) is 44.2 Å². The zero-order valence-corrected chi connectivity index (χ0v) is 23.7. The Morgan fingerprint density at radius 3 is 2.47 bits per heavy atom. The van der Waals surface area contributed by atoms with Crippen LogP contribution in [-0.2, 0) is 19.6 Å². The van der Waals surface area contributed by atoms with E-state index in [0.29, 0.717) is 31.0 Å². The first-order chi connectivity index (χ1) is 17.6. The molecule has 0 bridgehead atoms. The molecule has 38 heavy (non-hydrogen) atoms. The number of nitrogens with one attached hydrogen (secondary N) is 3. The lowest BCUT2D eigenvalue weighted by Gasteiger charge is -2.49. The van der Waals surface area contributed by atoms with Crippen molar-refractivity contribution in [3.63, 3.8) is 0 Å². The van der Waals surface area contributed by atoms with Gasteiger partial charge in [-0.05, 0) is 74.8 Å². The molecule has 2 heterocycles. The minimum atomic E-state index is -3.93. The van der Waals surface area contributed by atoms with E-state index in [0.717, 1.165) is 10.8 Å². The Balaban J connectivity index is 0.00000400. The molecule has 2 saturated heterocycles. The number of hydrogen-bond donors (Lipinski definition) is 3. The Morgan fingerprint density at radius 2 is 1.84 bits per heavy atom. The first kappa shape index (κ1) is 30.1. The number of rotatable bonds is 7. The lowest BCUT2D eigenvalue weighted by atomic mass is 9.78. The fourth-order valence-electron chi connectivity index (χ4n) is 5.30. The van der Waals surface area contributed by atoms with E-state index in [9.17, 15) is 18.0 Å². The zero-order chi connectivity index (χ0) is 26.8. The molecule has 2 aliphatic rings. The number of halogens is 2. The average Bonchev–Trinajstić information content (AvgIpc) is 2.85. The van der Waals surface area contributed by atoms with Crippen molar-refractivity contribution >= 4 is 62.5 Å². The van der Waals surface area contributed by atoms with E-state index in [1.807, 2.05) is 0 Å². The molecule has 13 heteroatoms. The van der Waals surface area contributed by atoms with Crippen molar-refractivity contribution in [1.29, 1.82) is 5.41 Å². The SMILES string of the molecule is CCOC(=O)NC1(C(C(C)=N)N2CCN(S(=O)(=O)c3ccc4cc(Cl)ccc4c3)CC2=O)CCNCC1.Cl. The van der Waals surface area contributed by atoms with Crippen molar-refractivity contribution in [2.45, 2.75) is 43.2 Å². The number of benzene rings is 2. The Bertz CT molecular complexity index is 1320. The molecule has 3 N–H and O–H groups in total. The molecule has 1 unspecified atom stereocenters. The van der Waals surface area contributed by atoms with Crippen LogP contribution in [0.25, 0.3) is 10.8 Å². The maximum atomic E-state index is 13.4. The highest BCUT2D eigenvalue weighted by molar-refractivity contribution is 7.89. The van der Waals surface area contributed by atoms with Crippen LogP contribution >= 0.6 is 24.0 Å². The third-order valence-electron chi connectivity index (χ3n) is 7.00. The summed E-state index contributed by atoms with van der Waals surface area (Å²) >= 11 is 6.04. The van der Waals surface area contributed by atoms with Crippen molar-refractivity contribution < 1.29 is 22.7 Å². The monoisotopic (exact) mass is 585 g/mol. The molecule has 2 aliphatic heterocycles. The largest absolute Gasteiger partial charge is 0.450 e. The molecule has 0 spiro atoms. The van der Waals surface area contributed by atoms with Crippen LogP contribution in [0.1, 0.15) is 26.7 Å². The second-order valence-electron chi connectivity index (χ2n) is 9.42. The maximum Gasteiger partial charge on any atom is 0.407 e. The van der Waals surface area contributed by atoms with Gasteiger partial charge >= 0.3 is 6.09 Å². The molecule has 2 fully saturated rings. The number of ether oxygens (including phenoxy) is 1. The van der Waals surface area contributed by atoms with Crippen LogP contribution < -0.4 is 10.6 Å². The van der Waals surface area contributed by atoms with Gasteiger partial charge in [0.25, 0.3) is 0 Å². The number of carbonyl (C=O) groups is 2. The lowest BCUT2D eigenvalue weighted by Crippen LogP contribution is -2.70. The van der Waals surface area contributed by atoms with E-state index < -0.39 is 33.6 Å². The van der Waals surface area contributed by atoms with Gasteiger partial charge in [-0.3, -0.25) is 4.79 Å². The summed E-state index contributed by atoms with van der Waals surface area (Å²) in [6.45, 7) is 4.55. The van der Waals surface area contributed by atoms with Crippen LogP contribution in [-0.4, -0.2) is 86.2 Å². The van der Waals surface area contributed by atoms with Crippen molar-refractivity contribution in [1.82, 2.24) is 19.8 Å². The quantitative estimate of drug-likeness (QED) is 0.428. The highest BCUT2D eigenvalue weighted by Crippen LogP contribution is 2.31. The molecule has 10 nitrogen and oxygen atoms in total. The van der Waals surface area contributed by atoms with E-state index in [1.165, 1.54) is 15.3 Å². The van der Waals surface area contributed by atoms with E-state index in [2.05, 4.69) is 10.6 Å². The van der Waals surface area contributed by atoms with Crippen molar-refractivity contribution in [3.8, 4) is 0 Å². The summed E-state index contributed by atoms with van der Waals surface area (Å²) in [5, 5.41) is 16.8. The van der Waals surface area contributed by atoms with Gasteiger partial charge in [-0.15, -0.1) is 12.4 Å². The van der Waals surface area contributed by atoms with Crippen LogP contribution in [0, 0.1) is 5.41 Å². The Kier molecular flexibility index (Phi) is 9.64. The molecular formula is C25H33Cl2N5O5S. The minimum Gasteiger partial charge on any atom is -0.450 e. The smallest absolute Gasteiger partial charge is 0.407 e. The van der Waals surface area contributed by atoms with Gasteiger partial charge in [0.2, 0.25) is 15.9 Å². The fourth-order valence-corrected chi connectivity index (χ4v) is 6.90. The fraction of sp³-hybridized carbons (Fsp3) is 0.480. The molecule has 1 atom stereocenters.